The molecule has 4 nitrogen and oxygen atoms in total. The number of hydrogen-bond donors (Lipinski definition) is 2. The van der Waals surface area contributed by atoms with Gasteiger partial charge in [0.1, 0.15) is 0 Å². The molecule has 90 valence electrons. The monoisotopic (exact) mass is 216 g/mol. The summed E-state index contributed by atoms with van der Waals surface area (Å²) in [5, 5.41) is 12.5. The van der Waals surface area contributed by atoms with Crippen LogP contribution in [0.4, 0.5) is 0 Å². The number of ether oxygens (including phenoxy) is 1. The zero-order valence-corrected chi connectivity index (χ0v) is 10.5. The Balaban J connectivity index is 3.85. The Morgan fingerprint density at radius 2 is 2.07 bits per heavy atom. The van der Waals surface area contributed by atoms with Gasteiger partial charge in [0.05, 0.1) is 12.7 Å². The number of nitrogens with one attached hydrogen (secondary N) is 1. The van der Waals surface area contributed by atoms with E-state index >= 15 is 0 Å². The topological polar surface area (TPSA) is 53.8 Å². The van der Waals surface area contributed by atoms with Gasteiger partial charge in [0, 0.05) is 13.1 Å². The lowest BCUT2D eigenvalue weighted by molar-refractivity contribution is 0.0721. The van der Waals surface area contributed by atoms with Crippen molar-refractivity contribution in [2.45, 2.75) is 39.7 Å². The fraction of sp³-hybridized carbons (Fsp3) is 0.909. The number of hydrogen-bond acceptors (Lipinski definition) is 3. The van der Waals surface area contributed by atoms with Crippen molar-refractivity contribution in [2.75, 3.05) is 20.2 Å². The smallest absolute Gasteiger partial charge is 0.284 e. The summed E-state index contributed by atoms with van der Waals surface area (Å²) in [7, 11) is 1.59. The van der Waals surface area contributed by atoms with Crippen molar-refractivity contribution in [2.24, 2.45) is 10.9 Å². The molecule has 0 radical (unpaired) electrons. The summed E-state index contributed by atoms with van der Waals surface area (Å²) in [6.45, 7) is 9.19. The van der Waals surface area contributed by atoms with Gasteiger partial charge in [-0.05, 0) is 26.2 Å². The standard InChI is InChI=1S/C11H24N2O2/c1-9(2)8-13-10(15-5)12-7-6-11(3,4)14/h9,14H,6-8H2,1-5H3,(H,12,13). The lowest BCUT2D eigenvalue weighted by atomic mass is 10.1. The van der Waals surface area contributed by atoms with Crippen LogP contribution < -0.4 is 5.32 Å². The van der Waals surface area contributed by atoms with Crippen LogP contribution >= 0.6 is 0 Å². The number of nitrogens with zero attached hydrogens (tertiary/aromatic N) is 1. The van der Waals surface area contributed by atoms with E-state index in [-0.39, 0.29) is 0 Å². The Bertz CT molecular complexity index is 195. The highest BCUT2D eigenvalue weighted by molar-refractivity contribution is 5.73. The largest absolute Gasteiger partial charge is 0.469 e. The van der Waals surface area contributed by atoms with Crippen LogP contribution in [0.3, 0.4) is 0 Å². The molecule has 0 unspecified atom stereocenters. The minimum absolute atomic E-state index is 0.520. The minimum atomic E-state index is -0.649. The van der Waals surface area contributed by atoms with Crippen LogP contribution in [0, 0.1) is 5.92 Å². The first-order chi connectivity index (χ1) is 6.85. The average molecular weight is 216 g/mol. The van der Waals surface area contributed by atoms with E-state index < -0.39 is 5.60 Å². The third kappa shape index (κ3) is 9.53. The fourth-order valence-corrected chi connectivity index (χ4v) is 0.933. The highest BCUT2D eigenvalue weighted by Crippen LogP contribution is 2.04. The first-order valence-electron chi connectivity index (χ1n) is 5.40. The van der Waals surface area contributed by atoms with E-state index in [0.29, 0.717) is 24.9 Å². The first-order valence-corrected chi connectivity index (χ1v) is 5.40. The van der Waals surface area contributed by atoms with Gasteiger partial charge in [-0.1, -0.05) is 13.8 Å². The Labute approximate surface area is 92.7 Å². The summed E-state index contributed by atoms with van der Waals surface area (Å²) in [6.07, 6.45) is 0.664. The Hall–Kier alpha value is -0.770. The summed E-state index contributed by atoms with van der Waals surface area (Å²) in [5.41, 5.74) is -0.649. The van der Waals surface area contributed by atoms with Gasteiger partial charge >= 0.3 is 0 Å². The highest BCUT2D eigenvalue weighted by Gasteiger charge is 2.11. The molecule has 0 rings (SSSR count). The molecule has 0 aromatic rings. The molecule has 0 saturated carbocycles. The van der Waals surface area contributed by atoms with Gasteiger partial charge in [0.15, 0.2) is 0 Å². The van der Waals surface area contributed by atoms with Crippen LogP contribution in [-0.2, 0) is 4.74 Å². The van der Waals surface area contributed by atoms with Crippen molar-refractivity contribution >= 4 is 6.02 Å². The van der Waals surface area contributed by atoms with Crippen LogP contribution in [0.25, 0.3) is 0 Å². The number of aliphatic hydroxyl groups is 1. The molecule has 0 aliphatic heterocycles. The van der Waals surface area contributed by atoms with Gasteiger partial charge in [0.2, 0.25) is 0 Å². The maximum absolute atomic E-state index is 9.50. The zero-order valence-electron chi connectivity index (χ0n) is 10.5. The van der Waals surface area contributed by atoms with Crippen LogP contribution in [0.5, 0.6) is 0 Å². The second-order valence-corrected chi connectivity index (χ2v) is 4.73. The first kappa shape index (κ1) is 14.2. The lowest BCUT2D eigenvalue weighted by Crippen LogP contribution is -2.32. The Kier molecular flexibility index (Phi) is 6.32. The molecule has 0 spiro atoms. The molecule has 0 aromatic carbocycles. The van der Waals surface area contributed by atoms with Crippen molar-refractivity contribution in [3.63, 3.8) is 0 Å². The maximum atomic E-state index is 9.50. The molecule has 0 atom stereocenters. The van der Waals surface area contributed by atoms with Crippen LogP contribution in [-0.4, -0.2) is 36.9 Å². The van der Waals surface area contributed by atoms with Gasteiger partial charge in [-0.3, -0.25) is 0 Å². The van der Waals surface area contributed by atoms with E-state index in [2.05, 4.69) is 24.2 Å². The van der Waals surface area contributed by atoms with E-state index in [1.54, 1.807) is 21.0 Å². The summed E-state index contributed by atoms with van der Waals surface area (Å²) < 4.78 is 5.07. The molecule has 2 N–H and O–H groups in total. The predicted molar refractivity (Wildman–Crippen MR) is 63.1 cm³/mol. The number of methoxy groups -OCH3 is 1. The summed E-state index contributed by atoms with van der Waals surface area (Å²) in [5.74, 6) is 0.520. The average Bonchev–Trinajstić information content (AvgIpc) is 2.08. The Morgan fingerprint density at radius 3 is 2.47 bits per heavy atom. The van der Waals surface area contributed by atoms with E-state index in [0.717, 1.165) is 6.54 Å². The highest BCUT2D eigenvalue weighted by atomic mass is 16.5. The van der Waals surface area contributed by atoms with E-state index in [1.165, 1.54) is 0 Å². The molecule has 0 aliphatic rings. The predicted octanol–water partition coefficient (Wildman–Crippen LogP) is 1.40. The Morgan fingerprint density at radius 1 is 1.47 bits per heavy atom. The molecule has 15 heavy (non-hydrogen) atoms. The second-order valence-electron chi connectivity index (χ2n) is 4.73. The van der Waals surface area contributed by atoms with E-state index in [4.69, 9.17) is 4.74 Å². The van der Waals surface area contributed by atoms with Gasteiger partial charge in [-0.25, -0.2) is 4.99 Å². The molecule has 0 saturated heterocycles. The summed E-state index contributed by atoms with van der Waals surface area (Å²) >= 11 is 0. The molecule has 0 bridgehead atoms. The lowest BCUT2D eigenvalue weighted by Gasteiger charge is -2.17. The number of rotatable bonds is 5. The van der Waals surface area contributed by atoms with Crippen molar-refractivity contribution in [3.8, 4) is 0 Å². The number of aliphatic imine (C=N–C) groups is 1. The SMILES string of the molecule is COC(=NCC(C)C)NCCC(C)(C)O. The second kappa shape index (κ2) is 6.67. The molecular weight excluding hydrogens is 192 g/mol. The molecule has 0 amide bonds. The minimum Gasteiger partial charge on any atom is -0.469 e. The van der Waals surface area contributed by atoms with E-state index in [1.807, 2.05) is 0 Å². The van der Waals surface area contributed by atoms with Crippen molar-refractivity contribution in [3.05, 3.63) is 0 Å². The number of amidine groups is 1. The molecule has 0 fully saturated rings. The fourth-order valence-electron chi connectivity index (χ4n) is 0.933. The molecular formula is C11H24N2O2. The summed E-state index contributed by atoms with van der Waals surface area (Å²) in [4.78, 5) is 4.26. The quantitative estimate of drug-likeness (QED) is 0.539. The van der Waals surface area contributed by atoms with Gasteiger partial charge < -0.3 is 15.2 Å². The molecule has 4 heteroatoms. The third-order valence-corrected chi connectivity index (χ3v) is 1.81. The van der Waals surface area contributed by atoms with Crippen molar-refractivity contribution in [1.82, 2.24) is 5.32 Å². The van der Waals surface area contributed by atoms with Crippen molar-refractivity contribution < 1.29 is 9.84 Å². The molecule has 0 aliphatic carbocycles. The molecule has 0 aromatic heterocycles. The molecule has 0 heterocycles. The van der Waals surface area contributed by atoms with Gasteiger partial charge in [-0.2, -0.15) is 0 Å². The van der Waals surface area contributed by atoms with Crippen molar-refractivity contribution in [1.29, 1.82) is 0 Å². The maximum Gasteiger partial charge on any atom is 0.284 e. The normalized spacial score (nSPS) is 13.1. The van der Waals surface area contributed by atoms with E-state index in [9.17, 15) is 5.11 Å². The van der Waals surface area contributed by atoms with Crippen LogP contribution in [0.15, 0.2) is 4.99 Å². The zero-order chi connectivity index (χ0) is 11.9. The van der Waals surface area contributed by atoms with Gasteiger partial charge in [-0.15, -0.1) is 0 Å². The van der Waals surface area contributed by atoms with Gasteiger partial charge in [0.25, 0.3) is 6.02 Å². The van der Waals surface area contributed by atoms with Crippen LogP contribution in [0.2, 0.25) is 0 Å². The summed E-state index contributed by atoms with van der Waals surface area (Å²) in [6, 6.07) is 0.549. The van der Waals surface area contributed by atoms with Crippen LogP contribution in [0.1, 0.15) is 34.1 Å². The third-order valence-electron chi connectivity index (χ3n) is 1.81.